The predicted molar refractivity (Wildman–Crippen MR) is 146 cm³/mol. The quantitative estimate of drug-likeness (QED) is 0.141. The van der Waals surface area contributed by atoms with Gasteiger partial charge in [0.1, 0.15) is 11.8 Å². The Labute approximate surface area is 229 Å². The molecule has 39 heavy (non-hydrogen) atoms. The number of fused-ring (bicyclic) bond motifs is 1. The third-order valence-electron chi connectivity index (χ3n) is 6.05. The van der Waals surface area contributed by atoms with Crippen molar-refractivity contribution >= 4 is 34.5 Å². The van der Waals surface area contributed by atoms with Crippen LogP contribution in [0.2, 0.25) is 0 Å². The number of nitrogens with zero attached hydrogens (tertiary/aromatic N) is 2. The van der Waals surface area contributed by atoms with E-state index in [4.69, 9.17) is 14.6 Å². The van der Waals surface area contributed by atoms with Crippen LogP contribution < -0.4 is 16.1 Å². The number of para-hydroxylation sites is 1. The SMILES string of the molecule is CNN(C)Cc1cc2ccccc2n1CCC(=O)N[C@@H](CCC(=O)O)C(=O)NCCOCCOCCC(C)=O. The molecule has 0 radical (unpaired) electrons. The van der Waals surface area contributed by atoms with Crippen LogP contribution in [-0.4, -0.2) is 91.4 Å². The van der Waals surface area contributed by atoms with Gasteiger partial charge in [0.05, 0.1) is 33.0 Å². The van der Waals surface area contributed by atoms with E-state index in [2.05, 4.69) is 26.7 Å². The molecule has 0 fully saturated rings. The Morgan fingerprint density at radius 2 is 1.74 bits per heavy atom. The summed E-state index contributed by atoms with van der Waals surface area (Å²) in [5.41, 5.74) is 5.11. The Balaban J connectivity index is 1.87. The second-order valence-corrected chi connectivity index (χ2v) is 9.20. The molecule has 1 atom stereocenters. The number of nitrogens with one attached hydrogen (secondary N) is 3. The third kappa shape index (κ3) is 11.9. The van der Waals surface area contributed by atoms with E-state index in [1.807, 2.05) is 43.4 Å². The Morgan fingerprint density at radius 1 is 1.03 bits per heavy atom. The zero-order valence-corrected chi connectivity index (χ0v) is 23.0. The number of carbonyl (C=O) groups excluding carboxylic acids is 3. The molecule has 216 valence electrons. The van der Waals surface area contributed by atoms with Crippen LogP contribution >= 0.6 is 0 Å². The summed E-state index contributed by atoms with van der Waals surface area (Å²) < 4.78 is 12.7. The maximum absolute atomic E-state index is 12.8. The first kappa shape index (κ1) is 31.9. The lowest BCUT2D eigenvalue weighted by Gasteiger charge is -2.19. The van der Waals surface area contributed by atoms with Crippen LogP contribution in [0.5, 0.6) is 0 Å². The summed E-state index contributed by atoms with van der Waals surface area (Å²) in [6, 6.07) is 9.05. The number of ketones is 1. The van der Waals surface area contributed by atoms with Crippen molar-refractivity contribution in [2.45, 2.75) is 51.7 Å². The monoisotopic (exact) mass is 547 g/mol. The molecule has 1 aromatic carbocycles. The van der Waals surface area contributed by atoms with Crippen molar-refractivity contribution in [2.75, 3.05) is 47.1 Å². The number of hydrazine groups is 1. The largest absolute Gasteiger partial charge is 0.481 e. The Hall–Kier alpha value is -3.32. The van der Waals surface area contributed by atoms with E-state index in [0.29, 0.717) is 39.3 Å². The fourth-order valence-electron chi connectivity index (χ4n) is 3.91. The van der Waals surface area contributed by atoms with Crippen LogP contribution in [-0.2, 0) is 41.7 Å². The molecule has 2 aromatic rings. The first-order chi connectivity index (χ1) is 18.7. The number of aliphatic carboxylic acids is 1. The summed E-state index contributed by atoms with van der Waals surface area (Å²) in [6.07, 6.45) is 0.201. The van der Waals surface area contributed by atoms with E-state index in [1.54, 1.807) is 0 Å². The Bertz CT molecular complexity index is 1090. The standard InChI is InChI=1S/C27H41N5O7/c1-20(33)11-14-38-16-17-39-15-12-29-27(37)23(8-9-26(35)36)30-25(34)10-13-32-22(19-31(3)28-2)18-21-6-4-5-7-24(21)32/h4-7,18,23,28H,8-17,19H2,1-3H3,(H,29,37)(H,30,34)(H,35,36)/t23-/m0/s1. The number of Topliss-reactive ketones (excluding diaryl/α,β-unsaturated/α-hetero) is 1. The number of rotatable bonds is 20. The molecule has 12 nitrogen and oxygen atoms in total. The molecule has 0 unspecified atom stereocenters. The van der Waals surface area contributed by atoms with Crippen molar-refractivity contribution in [1.29, 1.82) is 0 Å². The van der Waals surface area contributed by atoms with Crippen molar-refractivity contribution in [3.8, 4) is 0 Å². The van der Waals surface area contributed by atoms with Gasteiger partial charge in [0.15, 0.2) is 0 Å². The molecule has 0 saturated heterocycles. The summed E-state index contributed by atoms with van der Waals surface area (Å²) >= 11 is 0. The normalized spacial score (nSPS) is 12.0. The molecule has 0 aliphatic heterocycles. The van der Waals surface area contributed by atoms with Crippen LogP contribution in [0.15, 0.2) is 30.3 Å². The van der Waals surface area contributed by atoms with Gasteiger partial charge in [-0.15, -0.1) is 0 Å². The van der Waals surface area contributed by atoms with Gasteiger partial charge in [-0.1, -0.05) is 18.2 Å². The minimum Gasteiger partial charge on any atom is -0.481 e. The second-order valence-electron chi connectivity index (χ2n) is 9.20. The number of aryl methyl sites for hydroxylation is 1. The Kier molecular flexibility index (Phi) is 14.2. The van der Waals surface area contributed by atoms with Crippen LogP contribution in [0.25, 0.3) is 10.9 Å². The van der Waals surface area contributed by atoms with Crippen LogP contribution in [0.4, 0.5) is 0 Å². The predicted octanol–water partition coefficient (Wildman–Crippen LogP) is 1.08. The minimum atomic E-state index is -1.05. The van der Waals surface area contributed by atoms with Crippen molar-refractivity contribution in [2.24, 2.45) is 0 Å². The minimum absolute atomic E-state index is 0.0254. The lowest BCUT2D eigenvalue weighted by molar-refractivity contribution is -0.138. The summed E-state index contributed by atoms with van der Waals surface area (Å²) in [6.45, 7) is 3.95. The molecule has 2 rings (SSSR count). The molecule has 0 saturated carbocycles. The number of aromatic nitrogens is 1. The number of ether oxygens (including phenoxy) is 2. The fraction of sp³-hybridized carbons (Fsp3) is 0.556. The van der Waals surface area contributed by atoms with Gasteiger partial charge in [-0.05, 0) is 37.9 Å². The van der Waals surface area contributed by atoms with E-state index < -0.39 is 17.9 Å². The summed E-state index contributed by atoms with van der Waals surface area (Å²) in [5.74, 6) is -1.80. The highest BCUT2D eigenvalue weighted by molar-refractivity contribution is 5.88. The van der Waals surface area contributed by atoms with Crippen molar-refractivity contribution in [3.05, 3.63) is 36.0 Å². The average molecular weight is 548 g/mol. The molecule has 0 aliphatic carbocycles. The molecular weight excluding hydrogens is 506 g/mol. The van der Waals surface area contributed by atoms with Crippen molar-refractivity contribution in [1.82, 2.24) is 25.6 Å². The highest BCUT2D eigenvalue weighted by Gasteiger charge is 2.22. The molecule has 0 spiro atoms. The summed E-state index contributed by atoms with van der Waals surface area (Å²) in [7, 11) is 3.76. The first-order valence-electron chi connectivity index (χ1n) is 13.1. The van der Waals surface area contributed by atoms with Gasteiger partial charge < -0.3 is 29.8 Å². The fourth-order valence-corrected chi connectivity index (χ4v) is 3.91. The lowest BCUT2D eigenvalue weighted by atomic mass is 10.1. The molecule has 12 heteroatoms. The number of carboxylic acids is 1. The van der Waals surface area contributed by atoms with Crippen molar-refractivity contribution in [3.63, 3.8) is 0 Å². The number of hydrogen-bond acceptors (Lipinski definition) is 8. The number of amides is 2. The first-order valence-corrected chi connectivity index (χ1v) is 13.1. The number of carbonyl (C=O) groups is 4. The topological polar surface area (TPSA) is 151 Å². The van der Waals surface area contributed by atoms with E-state index in [-0.39, 0.29) is 44.1 Å². The number of hydrogen-bond donors (Lipinski definition) is 4. The van der Waals surface area contributed by atoms with Gasteiger partial charge in [-0.25, -0.2) is 5.01 Å². The summed E-state index contributed by atoms with van der Waals surface area (Å²) in [5, 5.41) is 17.5. The van der Waals surface area contributed by atoms with Crippen LogP contribution in [0.1, 0.15) is 38.3 Å². The van der Waals surface area contributed by atoms with Crippen molar-refractivity contribution < 1.29 is 33.8 Å². The smallest absolute Gasteiger partial charge is 0.303 e. The van der Waals surface area contributed by atoms with Crippen LogP contribution in [0.3, 0.4) is 0 Å². The molecule has 1 heterocycles. The molecule has 0 bridgehead atoms. The average Bonchev–Trinajstić information content (AvgIpc) is 3.24. The number of carboxylic acid groups (broad SMARTS) is 1. The van der Waals surface area contributed by atoms with Gasteiger partial charge in [-0.2, -0.15) is 0 Å². The van der Waals surface area contributed by atoms with Gasteiger partial charge in [-0.3, -0.25) is 24.6 Å². The number of benzene rings is 1. The molecule has 0 aliphatic rings. The van der Waals surface area contributed by atoms with Gasteiger partial charge in [0, 0.05) is 50.6 Å². The van der Waals surface area contributed by atoms with Gasteiger partial charge in [0.2, 0.25) is 11.8 Å². The maximum atomic E-state index is 12.8. The zero-order valence-electron chi connectivity index (χ0n) is 23.0. The van der Waals surface area contributed by atoms with E-state index >= 15 is 0 Å². The van der Waals surface area contributed by atoms with Gasteiger partial charge in [0.25, 0.3) is 0 Å². The highest BCUT2D eigenvalue weighted by atomic mass is 16.5. The van der Waals surface area contributed by atoms with E-state index in [9.17, 15) is 19.2 Å². The van der Waals surface area contributed by atoms with E-state index in [0.717, 1.165) is 16.6 Å². The molecule has 1 aromatic heterocycles. The van der Waals surface area contributed by atoms with Crippen LogP contribution in [0, 0.1) is 0 Å². The third-order valence-corrected chi connectivity index (χ3v) is 6.05. The van der Waals surface area contributed by atoms with Gasteiger partial charge >= 0.3 is 5.97 Å². The van der Waals surface area contributed by atoms with E-state index in [1.165, 1.54) is 6.92 Å². The highest BCUT2D eigenvalue weighted by Crippen LogP contribution is 2.21. The zero-order chi connectivity index (χ0) is 28.6. The lowest BCUT2D eigenvalue weighted by Crippen LogP contribution is -2.47. The molecule has 4 N–H and O–H groups in total. The second kappa shape index (κ2) is 17.3. The maximum Gasteiger partial charge on any atom is 0.303 e. The molecular formula is C27H41N5O7. The molecule has 2 amide bonds. The Morgan fingerprint density at radius 3 is 2.44 bits per heavy atom. The summed E-state index contributed by atoms with van der Waals surface area (Å²) in [4.78, 5) is 47.5.